The first-order valence-electron chi connectivity index (χ1n) is 6.48. The van der Waals surface area contributed by atoms with Crippen molar-refractivity contribution in [3.8, 4) is 5.75 Å². The Hall–Kier alpha value is -0.730. The SMILES string of the molecule is CC(C)CNCC(C)(C)COc1ccc(Cl)cc1. The minimum atomic E-state index is 0.120. The fourth-order valence-electron chi connectivity index (χ4n) is 1.56. The Kier molecular flexibility index (Phi) is 5.97. The van der Waals surface area contributed by atoms with Crippen molar-refractivity contribution in [2.45, 2.75) is 27.7 Å². The van der Waals surface area contributed by atoms with Gasteiger partial charge in [0.05, 0.1) is 6.61 Å². The van der Waals surface area contributed by atoms with Gasteiger partial charge in [0.15, 0.2) is 0 Å². The zero-order valence-electron chi connectivity index (χ0n) is 11.8. The van der Waals surface area contributed by atoms with Gasteiger partial charge >= 0.3 is 0 Å². The summed E-state index contributed by atoms with van der Waals surface area (Å²) in [5, 5.41) is 4.21. The molecule has 2 nitrogen and oxygen atoms in total. The number of halogens is 1. The van der Waals surface area contributed by atoms with E-state index < -0.39 is 0 Å². The molecule has 0 radical (unpaired) electrons. The molecule has 1 N–H and O–H groups in total. The maximum Gasteiger partial charge on any atom is 0.119 e. The van der Waals surface area contributed by atoms with Gasteiger partial charge in [-0.2, -0.15) is 0 Å². The summed E-state index contributed by atoms with van der Waals surface area (Å²) in [5.41, 5.74) is 0.120. The molecule has 0 aliphatic carbocycles. The Balaban J connectivity index is 2.34. The molecule has 1 aromatic carbocycles. The second kappa shape index (κ2) is 7.01. The van der Waals surface area contributed by atoms with Gasteiger partial charge in [0.1, 0.15) is 5.75 Å². The average Bonchev–Trinajstić information content (AvgIpc) is 2.27. The summed E-state index contributed by atoms with van der Waals surface area (Å²) in [6.07, 6.45) is 0. The number of rotatable bonds is 7. The van der Waals surface area contributed by atoms with Crippen LogP contribution in [-0.2, 0) is 0 Å². The van der Waals surface area contributed by atoms with E-state index >= 15 is 0 Å². The van der Waals surface area contributed by atoms with Crippen LogP contribution in [0.5, 0.6) is 5.75 Å². The summed E-state index contributed by atoms with van der Waals surface area (Å²) in [6.45, 7) is 11.5. The minimum absolute atomic E-state index is 0.120. The van der Waals surface area contributed by atoms with E-state index in [2.05, 4.69) is 33.0 Å². The smallest absolute Gasteiger partial charge is 0.119 e. The molecule has 1 aromatic rings. The van der Waals surface area contributed by atoms with E-state index in [0.717, 1.165) is 23.9 Å². The fraction of sp³-hybridized carbons (Fsp3) is 0.600. The Morgan fingerprint density at radius 3 is 2.39 bits per heavy atom. The third kappa shape index (κ3) is 6.27. The highest BCUT2D eigenvalue weighted by Gasteiger charge is 2.18. The molecule has 0 atom stereocenters. The lowest BCUT2D eigenvalue weighted by atomic mass is 9.94. The van der Waals surface area contributed by atoms with E-state index in [1.54, 1.807) is 0 Å². The second-order valence-electron chi connectivity index (χ2n) is 5.93. The van der Waals surface area contributed by atoms with Crippen molar-refractivity contribution in [1.29, 1.82) is 0 Å². The van der Waals surface area contributed by atoms with Crippen molar-refractivity contribution < 1.29 is 4.74 Å². The van der Waals surface area contributed by atoms with Gasteiger partial charge < -0.3 is 10.1 Å². The van der Waals surface area contributed by atoms with E-state index in [0.29, 0.717) is 12.5 Å². The van der Waals surface area contributed by atoms with Crippen LogP contribution in [0.15, 0.2) is 24.3 Å². The minimum Gasteiger partial charge on any atom is -0.493 e. The van der Waals surface area contributed by atoms with Crippen LogP contribution in [-0.4, -0.2) is 19.7 Å². The maximum atomic E-state index is 5.83. The number of hydrogen-bond acceptors (Lipinski definition) is 2. The van der Waals surface area contributed by atoms with Crippen LogP contribution < -0.4 is 10.1 Å². The normalized spacial score (nSPS) is 11.9. The maximum absolute atomic E-state index is 5.83. The van der Waals surface area contributed by atoms with Crippen LogP contribution in [0.25, 0.3) is 0 Å². The molecule has 0 fully saturated rings. The summed E-state index contributed by atoms with van der Waals surface area (Å²) >= 11 is 5.83. The summed E-state index contributed by atoms with van der Waals surface area (Å²) in [4.78, 5) is 0. The molecule has 1 rings (SSSR count). The van der Waals surface area contributed by atoms with Crippen molar-refractivity contribution in [1.82, 2.24) is 5.32 Å². The van der Waals surface area contributed by atoms with Crippen molar-refractivity contribution in [2.75, 3.05) is 19.7 Å². The van der Waals surface area contributed by atoms with Crippen LogP contribution in [0.1, 0.15) is 27.7 Å². The van der Waals surface area contributed by atoms with Gasteiger partial charge in [-0.05, 0) is 36.7 Å². The predicted octanol–water partition coefficient (Wildman–Crippen LogP) is 3.99. The number of ether oxygens (including phenoxy) is 1. The second-order valence-corrected chi connectivity index (χ2v) is 6.37. The Bertz CT molecular complexity index is 346. The van der Waals surface area contributed by atoms with Crippen LogP contribution in [0.2, 0.25) is 5.02 Å². The highest BCUT2D eigenvalue weighted by molar-refractivity contribution is 6.30. The highest BCUT2D eigenvalue weighted by atomic mass is 35.5. The van der Waals surface area contributed by atoms with Crippen molar-refractivity contribution in [3.63, 3.8) is 0 Å². The largest absolute Gasteiger partial charge is 0.493 e. The lowest BCUT2D eigenvalue weighted by molar-refractivity contribution is 0.175. The zero-order chi connectivity index (χ0) is 13.6. The zero-order valence-corrected chi connectivity index (χ0v) is 12.6. The number of nitrogens with one attached hydrogen (secondary N) is 1. The van der Waals surface area contributed by atoms with Gasteiger partial charge in [0.2, 0.25) is 0 Å². The van der Waals surface area contributed by atoms with Gasteiger partial charge in [-0.1, -0.05) is 39.3 Å². The monoisotopic (exact) mass is 269 g/mol. The van der Waals surface area contributed by atoms with E-state index in [9.17, 15) is 0 Å². The van der Waals surface area contributed by atoms with Crippen molar-refractivity contribution >= 4 is 11.6 Å². The molecule has 0 unspecified atom stereocenters. The molecule has 3 heteroatoms. The van der Waals surface area contributed by atoms with Gasteiger partial charge in [-0.15, -0.1) is 0 Å². The summed E-state index contributed by atoms with van der Waals surface area (Å²) in [7, 11) is 0. The molecule has 0 bridgehead atoms. The Labute approximate surface area is 116 Å². The standard InChI is InChI=1S/C15H24ClNO/c1-12(2)9-17-10-15(3,4)11-18-14-7-5-13(16)6-8-14/h5-8,12,17H,9-11H2,1-4H3. The molecule has 0 aliphatic rings. The van der Waals surface area contributed by atoms with Gasteiger partial charge in [0.25, 0.3) is 0 Å². The van der Waals surface area contributed by atoms with E-state index in [1.165, 1.54) is 0 Å². The van der Waals surface area contributed by atoms with E-state index in [-0.39, 0.29) is 5.41 Å². The van der Waals surface area contributed by atoms with Crippen LogP contribution in [0.3, 0.4) is 0 Å². The molecule has 0 heterocycles. The lowest BCUT2D eigenvalue weighted by Gasteiger charge is -2.25. The lowest BCUT2D eigenvalue weighted by Crippen LogP contribution is -2.35. The average molecular weight is 270 g/mol. The third-order valence-electron chi connectivity index (χ3n) is 2.60. The molecule has 0 aliphatic heterocycles. The van der Waals surface area contributed by atoms with Crippen molar-refractivity contribution in [2.24, 2.45) is 11.3 Å². The third-order valence-corrected chi connectivity index (χ3v) is 2.85. The topological polar surface area (TPSA) is 21.3 Å². The quantitative estimate of drug-likeness (QED) is 0.808. The molecular formula is C15H24ClNO. The molecule has 0 aromatic heterocycles. The Morgan fingerprint density at radius 2 is 1.83 bits per heavy atom. The van der Waals surface area contributed by atoms with Gasteiger partial charge in [-0.25, -0.2) is 0 Å². The molecule has 0 amide bonds. The van der Waals surface area contributed by atoms with E-state index in [4.69, 9.17) is 16.3 Å². The van der Waals surface area contributed by atoms with Gasteiger partial charge in [0, 0.05) is 17.0 Å². The first kappa shape index (κ1) is 15.3. The number of benzene rings is 1. The van der Waals surface area contributed by atoms with Crippen LogP contribution >= 0.6 is 11.6 Å². The van der Waals surface area contributed by atoms with Crippen LogP contribution in [0.4, 0.5) is 0 Å². The molecular weight excluding hydrogens is 246 g/mol. The summed E-state index contributed by atoms with van der Waals surface area (Å²) < 4.78 is 5.78. The fourth-order valence-corrected chi connectivity index (χ4v) is 1.69. The molecule has 0 spiro atoms. The summed E-state index contributed by atoms with van der Waals surface area (Å²) in [6, 6.07) is 7.50. The molecule has 102 valence electrons. The first-order valence-corrected chi connectivity index (χ1v) is 6.86. The highest BCUT2D eigenvalue weighted by Crippen LogP contribution is 2.20. The number of hydrogen-bond donors (Lipinski definition) is 1. The predicted molar refractivity (Wildman–Crippen MR) is 78.4 cm³/mol. The first-order chi connectivity index (χ1) is 8.39. The molecule has 0 saturated heterocycles. The molecule has 18 heavy (non-hydrogen) atoms. The van der Waals surface area contributed by atoms with Crippen LogP contribution in [0, 0.1) is 11.3 Å². The van der Waals surface area contributed by atoms with Gasteiger partial charge in [-0.3, -0.25) is 0 Å². The Morgan fingerprint density at radius 1 is 1.22 bits per heavy atom. The molecule has 0 saturated carbocycles. The summed E-state index contributed by atoms with van der Waals surface area (Å²) in [5.74, 6) is 1.55. The van der Waals surface area contributed by atoms with Crippen molar-refractivity contribution in [3.05, 3.63) is 29.3 Å². The van der Waals surface area contributed by atoms with E-state index in [1.807, 2.05) is 24.3 Å².